The van der Waals surface area contributed by atoms with Crippen molar-refractivity contribution in [3.05, 3.63) is 11.9 Å². The van der Waals surface area contributed by atoms with Crippen LogP contribution in [-0.2, 0) is 13.5 Å². The van der Waals surface area contributed by atoms with E-state index in [0.29, 0.717) is 23.0 Å². The van der Waals surface area contributed by atoms with E-state index in [1.165, 1.54) is 0 Å². The van der Waals surface area contributed by atoms with E-state index in [2.05, 4.69) is 15.1 Å². The van der Waals surface area contributed by atoms with Crippen LogP contribution in [0.4, 0.5) is 11.5 Å². The number of nitrogen functional groups attached to an aromatic ring is 2. The number of anilines is 2. The number of aryl methyl sites for hydroxylation is 2. The number of nitrogens with zero attached hydrogens (tertiary/aromatic N) is 3. The lowest BCUT2D eigenvalue weighted by molar-refractivity contribution is 0.769. The van der Waals surface area contributed by atoms with Crippen LogP contribution in [0, 0.1) is 0 Å². The van der Waals surface area contributed by atoms with Crippen LogP contribution in [-0.4, -0.2) is 19.7 Å². The Labute approximate surface area is 87.3 Å². The molecule has 2 aromatic rings. The van der Waals surface area contributed by atoms with Gasteiger partial charge >= 0.3 is 0 Å². The molecule has 6 heteroatoms. The summed E-state index contributed by atoms with van der Waals surface area (Å²) >= 11 is 0. The summed E-state index contributed by atoms with van der Waals surface area (Å²) in [5.74, 6) is 1.14. The Hall–Kier alpha value is -1.98. The summed E-state index contributed by atoms with van der Waals surface area (Å²) in [7, 11) is 1.81. The molecule has 0 aliphatic carbocycles. The fraction of sp³-hybridized carbons (Fsp3) is 0.333. The Bertz CT molecular complexity index is 481. The van der Waals surface area contributed by atoms with E-state index in [9.17, 15) is 0 Å². The van der Waals surface area contributed by atoms with Crippen LogP contribution in [0.25, 0.3) is 11.5 Å². The van der Waals surface area contributed by atoms with Crippen molar-refractivity contribution < 1.29 is 0 Å². The fourth-order valence-corrected chi connectivity index (χ4v) is 1.50. The molecule has 0 aliphatic rings. The number of hydrogen-bond donors (Lipinski definition) is 3. The molecule has 0 spiro atoms. The monoisotopic (exact) mass is 206 g/mol. The van der Waals surface area contributed by atoms with Crippen molar-refractivity contribution in [2.75, 3.05) is 11.5 Å². The molecular weight excluding hydrogens is 192 g/mol. The Morgan fingerprint density at radius 3 is 2.67 bits per heavy atom. The van der Waals surface area contributed by atoms with E-state index in [1.807, 2.05) is 14.0 Å². The van der Waals surface area contributed by atoms with E-state index in [1.54, 1.807) is 10.9 Å². The molecule has 2 heterocycles. The summed E-state index contributed by atoms with van der Waals surface area (Å²) in [6.07, 6.45) is 2.55. The molecule has 0 atom stereocenters. The molecular formula is C9H14N6. The zero-order valence-corrected chi connectivity index (χ0v) is 8.78. The van der Waals surface area contributed by atoms with Crippen LogP contribution < -0.4 is 11.5 Å². The zero-order valence-electron chi connectivity index (χ0n) is 8.78. The first-order chi connectivity index (χ1) is 7.11. The first-order valence-electron chi connectivity index (χ1n) is 4.75. The van der Waals surface area contributed by atoms with Crippen LogP contribution in [0.15, 0.2) is 6.20 Å². The highest BCUT2D eigenvalue weighted by Gasteiger charge is 2.13. The van der Waals surface area contributed by atoms with Crippen molar-refractivity contribution in [3.8, 4) is 11.5 Å². The molecule has 0 unspecified atom stereocenters. The molecule has 0 saturated heterocycles. The minimum Gasteiger partial charge on any atom is -0.396 e. The van der Waals surface area contributed by atoms with Crippen molar-refractivity contribution >= 4 is 11.5 Å². The van der Waals surface area contributed by atoms with Crippen molar-refractivity contribution in [2.45, 2.75) is 13.3 Å². The first-order valence-corrected chi connectivity index (χ1v) is 4.75. The third-order valence-electron chi connectivity index (χ3n) is 2.25. The smallest absolute Gasteiger partial charge is 0.162 e. The Morgan fingerprint density at radius 1 is 1.47 bits per heavy atom. The predicted molar refractivity (Wildman–Crippen MR) is 59.0 cm³/mol. The standard InChI is InChI=1S/C9H14N6/c1-3-6-8(11)13-9(12-6)7-5(10)4-15(2)14-7/h4H,3,10-11H2,1-2H3,(H,12,13). The summed E-state index contributed by atoms with van der Waals surface area (Å²) < 4.78 is 1.65. The van der Waals surface area contributed by atoms with Gasteiger partial charge in [0.1, 0.15) is 5.82 Å². The zero-order chi connectivity index (χ0) is 11.0. The minimum absolute atomic E-state index is 0.512. The Kier molecular flexibility index (Phi) is 2.11. The van der Waals surface area contributed by atoms with Crippen molar-refractivity contribution in [2.24, 2.45) is 7.05 Å². The highest BCUT2D eigenvalue weighted by Crippen LogP contribution is 2.23. The average molecular weight is 206 g/mol. The van der Waals surface area contributed by atoms with Gasteiger partial charge in [-0.05, 0) is 6.42 Å². The van der Waals surface area contributed by atoms with Gasteiger partial charge in [0.15, 0.2) is 11.5 Å². The second kappa shape index (κ2) is 3.30. The second-order valence-corrected chi connectivity index (χ2v) is 3.41. The van der Waals surface area contributed by atoms with Gasteiger partial charge in [0.2, 0.25) is 0 Å². The van der Waals surface area contributed by atoms with Gasteiger partial charge in [-0.15, -0.1) is 0 Å². The Morgan fingerprint density at radius 2 is 2.20 bits per heavy atom. The topological polar surface area (TPSA) is 98.5 Å². The molecule has 2 rings (SSSR count). The van der Waals surface area contributed by atoms with E-state index in [0.717, 1.165) is 12.1 Å². The van der Waals surface area contributed by atoms with Crippen molar-refractivity contribution in [3.63, 3.8) is 0 Å². The molecule has 0 fully saturated rings. The number of imidazole rings is 1. The van der Waals surface area contributed by atoms with Gasteiger partial charge in [-0.1, -0.05) is 6.92 Å². The third kappa shape index (κ3) is 1.54. The maximum absolute atomic E-state index is 5.79. The lowest BCUT2D eigenvalue weighted by Crippen LogP contribution is -1.90. The number of aromatic nitrogens is 4. The number of H-pyrrole nitrogens is 1. The molecule has 0 radical (unpaired) electrons. The van der Waals surface area contributed by atoms with Gasteiger partial charge in [0, 0.05) is 13.2 Å². The van der Waals surface area contributed by atoms with E-state index in [-0.39, 0.29) is 0 Å². The lowest BCUT2D eigenvalue weighted by Gasteiger charge is -1.91. The SMILES string of the molecule is CCc1[nH]c(-c2nn(C)cc2N)nc1N. The molecule has 0 aliphatic heterocycles. The van der Waals surface area contributed by atoms with E-state index < -0.39 is 0 Å². The molecule has 5 N–H and O–H groups in total. The molecule has 0 bridgehead atoms. The molecule has 2 aromatic heterocycles. The van der Waals surface area contributed by atoms with Gasteiger partial charge in [-0.3, -0.25) is 4.68 Å². The van der Waals surface area contributed by atoms with Crippen LogP contribution in [0.2, 0.25) is 0 Å². The maximum Gasteiger partial charge on any atom is 0.162 e. The predicted octanol–water partition coefficient (Wildman–Crippen LogP) is 0.537. The third-order valence-corrected chi connectivity index (χ3v) is 2.25. The van der Waals surface area contributed by atoms with Crippen LogP contribution in [0.1, 0.15) is 12.6 Å². The van der Waals surface area contributed by atoms with Gasteiger partial charge in [-0.2, -0.15) is 5.10 Å². The highest BCUT2D eigenvalue weighted by atomic mass is 15.3. The number of aromatic amines is 1. The fourth-order valence-electron chi connectivity index (χ4n) is 1.50. The van der Waals surface area contributed by atoms with Crippen molar-refractivity contribution in [1.29, 1.82) is 0 Å². The van der Waals surface area contributed by atoms with E-state index in [4.69, 9.17) is 11.5 Å². The summed E-state index contributed by atoms with van der Waals surface area (Å²) in [5.41, 5.74) is 13.7. The molecule has 0 saturated carbocycles. The summed E-state index contributed by atoms with van der Waals surface area (Å²) in [6.45, 7) is 2.01. The summed E-state index contributed by atoms with van der Waals surface area (Å²) in [4.78, 5) is 7.30. The number of nitrogens with one attached hydrogen (secondary N) is 1. The summed E-state index contributed by atoms with van der Waals surface area (Å²) in [6, 6.07) is 0. The maximum atomic E-state index is 5.79. The Balaban J connectivity index is 2.49. The van der Waals surface area contributed by atoms with Crippen LogP contribution >= 0.6 is 0 Å². The molecule has 80 valence electrons. The number of nitrogens with two attached hydrogens (primary N) is 2. The second-order valence-electron chi connectivity index (χ2n) is 3.41. The molecule has 15 heavy (non-hydrogen) atoms. The van der Waals surface area contributed by atoms with Crippen molar-refractivity contribution in [1.82, 2.24) is 19.7 Å². The summed E-state index contributed by atoms with van der Waals surface area (Å²) in [5, 5.41) is 4.21. The molecule has 6 nitrogen and oxygen atoms in total. The largest absolute Gasteiger partial charge is 0.396 e. The minimum atomic E-state index is 0.512. The van der Waals surface area contributed by atoms with Gasteiger partial charge in [0.05, 0.1) is 11.4 Å². The quantitative estimate of drug-likeness (QED) is 0.667. The first kappa shape index (κ1) is 9.57. The van der Waals surface area contributed by atoms with Crippen LogP contribution in [0.5, 0.6) is 0 Å². The van der Waals surface area contributed by atoms with Gasteiger partial charge < -0.3 is 16.5 Å². The lowest BCUT2D eigenvalue weighted by atomic mass is 10.3. The molecule has 0 amide bonds. The van der Waals surface area contributed by atoms with Crippen LogP contribution in [0.3, 0.4) is 0 Å². The average Bonchev–Trinajstić information content (AvgIpc) is 2.69. The number of rotatable bonds is 2. The normalized spacial score (nSPS) is 10.8. The molecule has 0 aromatic carbocycles. The van der Waals surface area contributed by atoms with E-state index >= 15 is 0 Å². The highest BCUT2D eigenvalue weighted by molar-refractivity contribution is 5.68. The van der Waals surface area contributed by atoms with Gasteiger partial charge in [0.25, 0.3) is 0 Å². The van der Waals surface area contributed by atoms with Gasteiger partial charge in [-0.25, -0.2) is 4.98 Å². The number of hydrogen-bond acceptors (Lipinski definition) is 4.